The Labute approximate surface area is 84.6 Å². The minimum atomic E-state index is -1.21. The molecule has 14 heavy (non-hydrogen) atoms. The molecular weight excluding hydrogens is 204 g/mol. The molecule has 1 aromatic rings. The summed E-state index contributed by atoms with van der Waals surface area (Å²) >= 11 is 0.804. The molecule has 0 aliphatic heterocycles. The highest BCUT2D eigenvalue weighted by Crippen LogP contribution is 2.31. The van der Waals surface area contributed by atoms with Crippen LogP contribution >= 0.6 is 11.8 Å². The maximum Gasteiger partial charge on any atom is 0.339 e. The van der Waals surface area contributed by atoms with Gasteiger partial charge in [-0.25, -0.2) is 4.79 Å². The van der Waals surface area contributed by atoms with Crippen molar-refractivity contribution in [1.82, 2.24) is 0 Å². The van der Waals surface area contributed by atoms with Crippen molar-refractivity contribution in [1.29, 1.82) is 0 Å². The van der Waals surface area contributed by atoms with Crippen LogP contribution in [0.15, 0.2) is 23.1 Å². The number of thioether (sulfide) groups is 1. The van der Waals surface area contributed by atoms with Crippen LogP contribution in [0.1, 0.15) is 17.3 Å². The van der Waals surface area contributed by atoms with Crippen LogP contribution < -0.4 is 0 Å². The first kappa shape index (κ1) is 10.6. The summed E-state index contributed by atoms with van der Waals surface area (Å²) < 4.78 is 0. The van der Waals surface area contributed by atoms with Crippen LogP contribution in [0.5, 0.6) is 5.75 Å². The maximum atomic E-state index is 10.8. The van der Waals surface area contributed by atoms with Crippen LogP contribution in [-0.4, -0.2) is 21.3 Å². The lowest BCUT2D eigenvalue weighted by atomic mass is 10.2. The molecule has 5 heteroatoms. The third-order valence-electron chi connectivity index (χ3n) is 1.48. The molecule has 0 saturated carbocycles. The minimum absolute atomic E-state index is 0.198. The molecule has 0 heterocycles. The molecule has 74 valence electrons. The largest absolute Gasteiger partial charge is 0.506 e. The van der Waals surface area contributed by atoms with Gasteiger partial charge in [0.2, 0.25) is 0 Å². The van der Waals surface area contributed by atoms with Gasteiger partial charge in [0.1, 0.15) is 11.3 Å². The van der Waals surface area contributed by atoms with Crippen LogP contribution in [-0.2, 0) is 4.79 Å². The van der Waals surface area contributed by atoms with E-state index in [9.17, 15) is 14.7 Å². The summed E-state index contributed by atoms with van der Waals surface area (Å²) in [5, 5.41) is 17.9. The molecule has 0 amide bonds. The number of carboxylic acid groups (broad SMARTS) is 1. The summed E-state index contributed by atoms with van der Waals surface area (Å²) in [6.45, 7) is 1.34. The van der Waals surface area contributed by atoms with Gasteiger partial charge >= 0.3 is 5.97 Å². The Kier molecular flexibility index (Phi) is 3.14. The van der Waals surface area contributed by atoms with Crippen LogP contribution in [0, 0.1) is 0 Å². The van der Waals surface area contributed by atoms with Crippen molar-refractivity contribution in [2.75, 3.05) is 0 Å². The number of carbonyl (C=O) groups is 2. The highest BCUT2D eigenvalue weighted by molar-refractivity contribution is 8.13. The minimum Gasteiger partial charge on any atom is -0.506 e. The molecule has 0 atom stereocenters. The molecule has 0 unspecified atom stereocenters. The van der Waals surface area contributed by atoms with Crippen LogP contribution in [0.3, 0.4) is 0 Å². The highest BCUT2D eigenvalue weighted by atomic mass is 32.2. The first-order valence-corrected chi connectivity index (χ1v) is 4.57. The summed E-state index contributed by atoms with van der Waals surface area (Å²) in [6.07, 6.45) is 0. The van der Waals surface area contributed by atoms with E-state index in [1.165, 1.54) is 25.1 Å². The van der Waals surface area contributed by atoms with Crippen molar-refractivity contribution >= 4 is 22.8 Å². The Hall–Kier alpha value is -1.49. The first-order chi connectivity index (χ1) is 6.52. The number of hydrogen-bond acceptors (Lipinski definition) is 4. The topological polar surface area (TPSA) is 74.6 Å². The number of hydrogen-bond donors (Lipinski definition) is 2. The molecule has 0 spiro atoms. The van der Waals surface area contributed by atoms with E-state index in [4.69, 9.17) is 5.11 Å². The molecule has 1 rings (SSSR count). The van der Waals surface area contributed by atoms with Crippen molar-refractivity contribution < 1.29 is 19.8 Å². The van der Waals surface area contributed by atoms with E-state index in [0.29, 0.717) is 0 Å². The lowest BCUT2D eigenvalue weighted by Gasteiger charge is -2.03. The van der Waals surface area contributed by atoms with Crippen molar-refractivity contribution in [3.63, 3.8) is 0 Å². The smallest absolute Gasteiger partial charge is 0.339 e. The number of carbonyl (C=O) groups excluding carboxylic acids is 1. The molecule has 0 aliphatic rings. The van der Waals surface area contributed by atoms with Gasteiger partial charge in [-0.05, 0) is 23.9 Å². The molecule has 0 aliphatic carbocycles. The standard InChI is InChI=1S/C9H8O4S/c1-5(10)14-7-4-2-3-6(8(7)11)9(12)13/h2-4,11H,1H3,(H,12,13). The first-order valence-electron chi connectivity index (χ1n) is 3.76. The molecular formula is C9H8O4S. The van der Waals surface area contributed by atoms with Gasteiger partial charge < -0.3 is 10.2 Å². The number of rotatable bonds is 2. The number of phenols is 1. The lowest BCUT2D eigenvalue weighted by molar-refractivity contribution is -0.109. The molecule has 0 aromatic heterocycles. The van der Waals surface area contributed by atoms with Gasteiger partial charge in [-0.3, -0.25) is 4.79 Å². The normalized spacial score (nSPS) is 9.79. The summed E-state index contributed by atoms with van der Waals surface area (Å²) in [4.78, 5) is 21.6. The summed E-state index contributed by atoms with van der Waals surface area (Å²) in [6, 6.07) is 4.25. The van der Waals surface area contributed by atoms with Crippen LogP contribution in [0.2, 0.25) is 0 Å². The predicted octanol–water partition coefficient (Wildman–Crippen LogP) is 1.73. The molecule has 0 radical (unpaired) electrons. The number of para-hydroxylation sites is 1. The zero-order valence-electron chi connectivity index (χ0n) is 7.35. The number of carboxylic acids is 1. The third kappa shape index (κ3) is 2.26. The lowest BCUT2D eigenvalue weighted by Crippen LogP contribution is -1.97. The van der Waals surface area contributed by atoms with Gasteiger partial charge in [0.05, 0.1) is 4.90 Å². The number of aromatic carboxylic acids is 1. The van der Waals surface area contributed by atoms with E-state index >= 15 is 0 Å². The summed E-state index contributed by atoms with van der Waals surface area (Å²) in [7, 11) is 0. The van der Waals surface area contributed by atoms with E-state index < -0.39 is 5.97 Å². The van der Waals surface area contributed by atoms with Crippen LogP contribution in [0.25, 0.3) is 0 Å². The average molecular weight is 212 g/mol. The fraction of sp³-hybridized carbons (Fsp3) is 0.111. The fourth-order valence-electron chi connectivity index (χ4n) is 0.932. The molecule has 0 bridgehead atoms. The second-order valence-corrected chi connectivity index (χ2v) is 3.77. The second-order valence-electron chi connectivity index (χ2n) is 2.55. The summed E-state index contributed by atoms with van der Waals surface area (Å²) in [5.74, 6) is -1.58. The van der Waals surface area contributed by atoms with E-state index in [1.807, 2.05) is 0 Å². The zero-order chi connectivity index (χ0) is 10.7. The van der Waals surface area contributed by atoms with Crippen molar-refractivity contribution in [2.24, 2.45) is 0 Å². The third-order valence-corrected chi connectivity index (χ3v) is 2.32. The molecule has 0 fully saturated rings. The monoisotopic (exact) mass is 212 g/mol. The van der Waals surface area contributed by atoms with Gasteiger partial charge in [-0.1, -0.05) is 6.07 Å². The molecule has 2 N–H and O–H groups in total. The second kappa shape index (κ2) is 4.15. The van der Waals surface area contributed by atoms with Gasteiger partial charge in [-0.15, -0.1) is 0 Å². The average Bonchev–Trinajstić information content (AvgIpc) is 2.07. The number of aromatic hydroxyl groups is 1. The molecule has 4 nitrogen and oxygen atoms in total. The zero-order valence-corrected chi connectivity index (χ0v) is 8.17. The van der Waals surface area contributed by atoms with E-state index in [0.717, 1.165) is 11.8 Å². The Morgan fingerprint density at radius 1 is 1.36 bits per heavy atom. The van der Waals surface area contributed by atoms with Crippen molar-refractivity contribution in [3.8, 4) is 5.75 Å². The van der Waals surface area contributed by atoms with Crippen molar-refractivity contribution in [2.45, 2.75) is 11.8 Å². The summed E-state index contributed by atoms with van der Waals surface area (Å²) in [5.41, 5.74) is -0.198. The van der Waals surface area contributed by atoms with Gasteiger partial charge in [0, 0.05) is 6.92 Å². The Bertz CT molecular complexity index is 386. The SMILES string of the molecule is CC(=O)Sc1cccc(C(=O)O)c1O. The van der Waals surface area contributed by atoms with Gasteiger partial charge in [0.15, 0.2) is 5.12 Å². The molecule has 1 aromatic carbocycles. The maximum absolute atomic E-state index is 10.8. The Morgan fingerprint density at radius 3 is 2.50 bits per heavy atom. The van der Waals surface area contributed by atoms with E-state index in [2.05, 4.69) is 0 Å². The van der Waals surface area contributed by atoms with E-state index in [-0.39, 0.29) is 21.3 Å². The van der Waals surface area contributed by atoms with Crippen molar-refractivity contribution in [3.05, 3.63) is 23.8 Å². The van der Waals surface area contributed by atoms with Gasteiger partial charge in [-0.2, -0.15) is 0 Å². The molecule has 0 saturated heterocycles. The highest BCUT2D eigenvalue weighted by Gasteiger charge is 2.13. The van der Waals surface area contributed by atoms with E-state index in [1.54, 1.807) is 0 Å². The Balaban J connectivity index is 3.13. The fourth-order valence-corrected chi connectivity index (χ4v) is 1.60. The number of benzene rings is 1. The predicted molar refractivity (Wildman–Crippen MR) is 51.6 cm³/mol. The Morgan fingerprint density at radius 2 is 2.00 bits per heavy atom. The quantitative estimate of drug-likeness (QED) is 0.730. The van der Waals surface area contributed by atoms with Crippen LogP contribution in [0.4, 0.5) is 0 Å². The van der Waals surface area contributed by atoms with Gasteiger partial charge in [0.25, 0.3) is 0 Å².